The van der Waals surface area contributed by atoms with Gasteiger partial charge in [0.1, 0.15) is 0 Å². The Balaban J connectivity index is 1.61. The predicted octanol–water partition coefficient (Wildman–Crippen LogP) is 4.64. The number of hydrogen-bond donors (Lipinski definition) is 2. The Labute approximate surface area is 165 Å². The second-order valence-electron chi connectivity index (χ2n) is 7.96. The average molecular weight is 385 g/mol. The fourth-order valence-corrected chi connectivity index (χ4v) is 3.19. The van der Waals surface area contributed by atoms with Gasteiger partial charge in [-0.25, -0.2) is 0 Å². The lowest BCUT2D eigenvalue weighted by atomic mass is 9.84. The van der Waals surface area contributed by atoms with E-state index in [9.17, 15) is 9.59 Å². The lowest BCUT2D eigenvalue weighted by Gasteiger charge is -2.25. The number of hydrogen-bond acceptors (Lipinski definition) is 2. The number of nitrogens with one attached hydrogen (secondary N) is 2. The summed E-state index contributed by atoms with van der Waals surface area (Å²) in [6.07, 6.45) is 0.936. The van der Waals surface area contributed by atoms with Crippen molar-refractivity contribution in [3.63, 3.8) is 0 Å². The molecule has 5 heteroatoms. The van der Waals surface area contributed by atoms with Crippen LogP contribution >= 0.6 is 11.6 Å². The third-order valence-corrected chi connectivity index (χ3v) is 5.41. The number of carbonyl (C=O) groups is 2. The molecule has 2 N–H and O–H groups in total. The van der Waals surface area contributed by atoms with E-state index in [0.717, 1.165) is 12.0 Å². The quantitative estimate of drug-likeness (QED) is 0.762. The monoisotopic (exact) mass is 384 g/mol. The summed E-state index contributed by atoms with van der Waals surface area (Å²) in [5, 5.41) is 6.58. The number of rotatable bonds is 6. The van der Waals surface area contributed by atoms with Crippen LogP contribution in [0.3, 0.4) is 0 Å². The maximum Gasteiger partial charge on any atom is 0.251 e. The van der Waals surface area contributed by atoms with Crippen LogP contribution in [0.2, 0.25) is 5.02 Å². The average Bonchev–Trinajstić information content (AvgIpc) is 3.37. The van der Waals surface area contributed by atoms with Crippen molar-refractivity contribution in [2.24, 2.45) is 11.8 Å². The largest absolute Gasteiger partial charge is 0.351 e. The van der Waals surface area contributed by atoms with Crippen LogP contribution in [0.5, 0.6) is 0 Å². The molecule has 27 heavy (non-hydrogen) atoms. The van der Waals surface area contributed by atoms with Gasteiger partial charge in [0.15, 0.2) is 0 Å². The molecule has 1 aliphatic rings. The highest BCUT2D eigenvalue weighted by atomic mass is 35.5. The summed E-state index contributed by atoms with van der Waals surface area (Å²) in [6, 6.07) is 14.7. The number of carbonyl (C=O) groups excluding carboxylic acids is 2. The van der Waals surface area contributed by atoms with Gasteiger partial charge in [-0.15, -0.1) is 0 Å². The van der Waals surface area contributed by atoms with Crippen molar-refractivity contribution in [3.8, 4) is 0 Å². The minimum atomic E-state index is -0.228. The van der Waals surface area contributed by atoms with E-state index < -0.39 is 0 Å². The second-order valence-corrected chi connectivity index (χ2v) is 8.40. The van der Waals surface area contributed by atoms with E-state index in [4.69, 9.17) is 11.6 Å². The molecule has 2 amide bonds. The first-order valence-electron chi connectivity index (χ1n) is 9.21. The summed E-state index contributed by atoms with van der Waals surface area (Å²) in [7, 11) is 0. The molecule has 4 nitrogen and oxygen atoms in total. The summed E-state index contributed by atoms with van der Waals surface area (Å²) in [4.78, 5) is 24.7. The molecular weight excluding hydrogens is 360 g/mol. The Morgan fingerprint density at radius 2 is 1.81 bits per heavy atom. The van der Waals surface area contributed by atoms with Crippen molar-refractivity contribution in [1.82, 2.24) is 5.32 Å². The highest BCUT2D eigenvalue weighted by molar-refractivity contribution is 6.30. The van der Waals surface area contributed by atoms with Crippen LogP contribution in [-0.4, -0.2) is 18.4 Å². The SMILES string of the molecule is CC1CC1C(=O)Nc1cccc(C(=O)NCC(C)(C)c2ccc(Cl)cc2)c1. The van der Waals surface area contributed by atoms with E-state index in [1.807, 2.05) is 24.3 Å². The van der Waals surface area contributed by atoms with Crippen molar-refractivity contribution in [1.29, 1.82) is 0 Å². The fraction of sp³-hybridized carbons (Fsp3) is 0.364. The van der Waals surface area contributed by atoms with Gasteiger partial charge in [0.05, 0.1) is 0 Å². The first-order chi connectivity index (χ1) is 12.8. The standard InChI is InChI=1S/C22H25ClN2O2/c1-14-11-19(14)21(27)25-18-6-4-5-15(12-18)20(26)24-13-22(2,3)16-7-9-17(23)10-8-16/h4-10,12,14,19H,11,13H2,1-3H3,(H,24,26)(H,25,27). The van der Waals surface area contributed by atoms with Crippen LogP contribution in [0, 0.1) is 11.8 Å². The van der Waals surface area contributed by atoms with Crippen molar-refractivity contribution >= 4 is 29.1 Å². The molecule has 2 unspecified atom stereocenters. The van der Waals surface area contributed by atoms with Gasteiger partial charge in [0.25, 0.3) is 5.91 Å². The van der Waals surface area contributed by atoms with Crippen LogP contribution in [0.1, 0.15) is 43.1 Å². The van der Waals surface area contributed by atoms with E-state index in [1.54, 1.807) is 24.3 Å². The van der Waals surface area contributed by atoms with Crippen LogP contribution in [-0.2, 0) is 10.2 Å². The zero-order valence-electron chi connectivity index (χ0n) is 15.9. The predicted molar refractivity (Wildman–Crippen MR) is 109 cm³/mol. The Morgan fingerprint density at radius 3 is 2.44 bits per heavy atom. The van der Waals surface area contributed by atoms with Gasteiger partial charge in [0, 0.05) is 34.2 Å². The molecule has 0 radical (unpaired) electrons. The molecule has 1 aliphatic carbocycles. The van der Waals surface area contributed by atoms with E-state index in [-0.39, 0.29) is 23.1 Å². The zero-order chi connectivity index (χ0) is 19.6. The summed E-state index contributed by atoms with van der Waals surface area (Å²) >= 11 is 5.95. The maximum atomic E-state index is 12.6. The van der Waals surface area contributed by atoms with Gasteiger partial charge in [-0.1, -0.05) is 50.6 Å². The molecule has 3 rings (SSSR count). The molecule has 0 bridgehead atoms. The van der Waals surface area contributed by atoms with Crippen molar-refractivity contribution in [3.05, 3.63) is 64.7 Å². The van der Waals surface area contributed by atoms with Gasteiger partial charge < -0.3 is 10.6 Å². The zero-order valence-corrected chi connectivity index (χ0v) is 16.6. The van der Waals surface area contributed by atoms with Gasteiger partial charge in [-0.2, -0.15) is 0 Å². The smallest absolute Gasteiger partial charge is 0.251 e. The summed E-state index contributed by atoms with van der Waals surface area (Å²) in [5.74, 6) is 0.422. The van der Waals surface area contributed by atoms with Gasteiger partial charge in [-0.05, 0) is 48.2 Å². The minimum absolute atomic E-state index is 0.0314. The molecule has 0 spiro atoms. The maximum absolute atomic E-state index is 12.6. The van der Waals surface area contributed by atoms with E-state index >= 15 is 0 Å². The molecule has 1 saturated carbocycles. The molecule has 142 valence electrons. The lowest BCUT2D eigenvalue weighted by molar-refractivity contribution is -0.117. The van der Waals surface area contributed by atoms with Gasteiger partial charge in [0.2, 0.25) is 5.91 Å². The summed E-state index contributed by atoms with van der Waals surface area (Å²) in [5.41, 5.74) is 2.06. The lowest BCUT2D eigenvalue weighted by Crippen LogP contribution is -2.36. The number of amides is 2. The highest BCUT2D eigenvalue weighted by Gasteiger charge is 2.39. The topological polar surface area (TPSA) is 58.2 Å². The first-order valence-corrected chi connectivity index (χ1v) is 9.59. The molecule has 1 fully saturated rings. The molecular formula is C22H25ClN2O2. The first kappa shape index (κ1) is 19.4. The van der Waals surface area contributed by atoms with Gasteiger partial charge in [-0.3, -0.25) is 9.59 Å². The van der Waals surface area contributed by atoms with Crippen molar-refractivity contribution in [2.45, 2.75) is 32.6 Å². The molecule has 0 aliphatic heterocycles. The summed E-state index contributed by atoms with van der Waals surface area (Å²) in [6.45, 7) is 6.70. The van der Waals surface area contributed by atoms with Crippen LogP contribution in [0.25, 0.3) is 0 Å². The Morgan fingerprint density at radius 1 is 1.15 bits per heavy atom. The van der Waals surface area contributed by atoms with E-state index in [1.165, 1.54) is 0 Å². The second kappa shape index (κ2) is 7.73. The number of halogens is 1. The molecule has 0 heterocycles. The Bertz CT molecular complexity index is 846. The minimum Gasteiger partial charge on any atom is -0.351 e. The number of anilines is 1. The molecule has 2 aromatic rings. The molecule has 0 aromatic heterocycles. The number of benzene rings is 2. The highest BCUT2D eigenvalue weighted by Crippen LogP contribution is 2.38. The third-order valence-electron chi connectivity index (χ3n) is 5.16. The third kappa shape index (κ3) is 4.89. The normalized spacial score (nSPS) is 18.7. The van der Waals surface area contributed by atoms with Crippen LogP contribution in [0.15, 0.2) is 48.5 Å². The Hall–Kier alpha value is -2.33. The van der Waals surface area contributed by atoms with Gasteiger partial charge >= 0.3 is 0 Å². The molecule has 0 saturated heterocycles. The molecule has 2 atom stereocenters. The van der Waals surface area contributed by atoms with Crippen LogP contribution < -0.4 is 10.6 Å². The Kier molecular flexibility index (Phi) is 5.56. The van der Waals surface area contributed by atoms with Crippen molar-refractivity contribution < 1.29 is 9.59 Å². The fourth-order valence-electron chi connectivity index (χ4n) is 3.07. The van der Waals surface area contributed by atoms with Crippen molar-refractivity contribution in [2.75, 3.05) is 11.9 Å². The molecule has 2 aromatic carbocycles. The van der Waals surface area contributed by atoms with E-state index in [2.05, 4.69) is 31.4 Å². The summed E-state index contributed by atoms with van der Waals surface area (Å²) < 4.78 is 0. The van der Waals surface area contributed by atoms with Crippen LogP contribution in [0.4, 0.5) is 5.69 Å². The van der Waals surface area contributed by atoms with E-state index in [0.29, 0.717) is 28.7 Å².